The first-order chi connectivity index (χ1) is 40.0. The van der Waals surface area contributed by atoms with Gasteiger partial charge in [0, 0.05) is 19.3 Å². The molecule has 1 unspecified atom stereocenters. The largest absolute Gasteiger partial charge is 0.462 e. The zero-order valence-corrected chi connectivity index (χ0v) is 53.5. The van der Waals surface area contributed by atoms with Crippen LogP contribution in [0.1, 0.15) is 342 Å². The molecular weight excluding hydrogens is 997 g/mol. The van der Waals surface area contributed by atoms with Crippen molar-refractivity contribution < 1.29 is 28.6 Å². The van der Waals surface area contributed by atoms with Gasteiger partial charge in [-0.2, -0.15) is 0 Å². The van der Waals surface area contributed by atoms with Crippen molar-refractivity contribution in [2.24, 2.45) is 0 Å². The molecule has 0 bridgehead atoms. The molecule has 0 aliphatic heterocycles. The van der Waals surface area contributed by atoms with Gasteiger partial charge in [-0.1, -0.05) is 317 Å². The summed E-state index contributed by atoms with van der Waals surface area (Å²) in [4.78, 5) is 38.3. The first kappa shape index (κ1) is 77.3. The van der Waals surface area contributed by atoms with Crippen molar-refractivity contribution in [3.8, 4) is 0 Å². The van der Waals surface area contributed by atoms with E-state index in [4.69, 9.17) is 14.2 Å². The Hall–Kier alpha value is -3.67. The van der Waals surface area contributed by atoms with Crippen LogP contribution >= 0.6 is 0 Å². The second kappa shape index (κ2) is 68.8. The highest BCUT2D eigenvalue weighted by Gasteiger charge is 2.19. The SMILES string of the molecule is CC/C=C\C/C=C\C/C=C\C/C=C\C/C=C\C/C=C\CCCCCCCCCCCCCCCCCCC(=O)OCC(COC(=O)CCCCCCCCCCCCCCC)OC(=O)CCCCCCC/C=C\C/C=C\CCCCC. The number of carbonyl (C=O) groups is 3. The van der Waals surface area contributed by atoms with Gasteiger partial charge < -0.3 is 14.2 Å². The van der Waals surface area contributed by atoms with Crippen LogP contribution in [0.3, 0.4) is 0 Å². The molecule has 81 heavy (non-hydrogen) atoms. The molecule has 1 atom stereocenters. The minimum Gasteiger partial charge on any atom is -0.462 e. The minimum atomic E-state index is -0.782. The molecule has 0 heterocycles. The Balaban J connectivity index is 4.14. The Labute approximate surface area is 502 Å². The van der Waals surface area contributed by atoms with Gasteiger partial charge in [-0.3, -0.25) is 14.4 Å². The number of hydrogen-bond donors (Lipinski definition) is 0. The summed E-state index contributed by atoms with van der Waals surface area (Å²) in [6.45, 7) is 6.52. The third kappa shape index (κ3) is 67.0. The molecule has 0 aliphatic carbocycles. The summed E-state index contributed by atoms with van der Waals surface area (Å²) in [6.07, 6.45) is 92.9. The predicted octanol–water partition coefficient (Wildman–Crippen LogP) is 24.0. The molecule has 0 rings (SSSR count). The first-order valence-corrected chi connectivity index (χ1v) is 34.7. The summed E-state index contributed by atoms with van der Waals surface area (Å²) in [5.41, 5.74) is 0. The average Bonchev–Trinajstić information content (AvgIpc) is 3.46. The van der Waals surface area contributed by atoms with Crippen LogP contribution in [0.25, 0.3) is 0 Å². The van der Waals surface area contributed by atoms with Crippen molar-refractivity contribution in [1.29, 1.82) is 0 Å². The van der Waals surface area contributed by atoms with Crippen LogP contribution in [0.2, 0.25) is 0 Å². The van der Waals surface area contributed by atoms with E-state index in [1.807, 2.05) is 0 Å². The van der Waals surface area contributed by atoms with Gasteiger partial charge in [0.2, 0.25) is 0 Å². The molecule has 466 valence electrons. The van der Waals surface area contributed by atoms with E-state index < -0.39 is 6.10 Å². The summed E-state index contributed by atoms with van der Waals surface area (Å²) in [6, 6.07) is 0. The Morgan fingerprint density at radius 3 is 0.778 bits per heavy atom. The van der Waals surface area contributed by atoms with Gasteiger partial charge in [-0.25, -0.2) is 0 Å². The van der Waals surface area contributed by atoms with E-state index in [9.17, 15) is 14.4 Å². The van der Waals surface area contributed by atoms with Crippen molar-refractivity contribution in [1.82, 2.24) is 0 Å². The Morgan fingerprint density at radius 2 is 0.481 bits per heavy atom. The van der Waals surface area contributed by atoms with Crippen molar-refractivity contribution in [2.75, 3.05) is 13.2 Å². The molecule has 6 nitrogen and oxygen atoms in total. The number of allylic oxidation sites excluding steroid dienone is 16. The van der Waals surface area contributed by atoms with Crippen molar-refractivity contribution >= 4 is 17.9 Å². The normalized spacial score (nSPS) is 12.7. The highest BCUT2D eigenvalue weighted by Crippen LogP contribution is 2.17. The Morgan fingerprint density at radius 1 is 0.259 bits per heavy atom. The van der Waals surface area contributed by atoms with E-state index in [-0.39, 0.29) is 31.1 Å². The molecule has 0 saturated carbocycles. The molecule has 0 aromatic carbocycles. The fraction of sp³-hybridized carbons (Fsp3) is 0.747. The molecule has 6 heteroatoms. The maximum absolute atomic E-state index is 12.9. The molecule has 0 aromatic rings. The van der Waals surface area contributed by atoms with E-state index in [0.717, 1.165) is 122 Å². The van der Waals surface area contributed by atoms with E-state index >= 15 is 0 Å². The maximum atomic E-state index is 12.9. The van der Waals surface area contributed by atoms with Gasteiger partial charge in [0.15, 0.2) is 6.10 Å². The summed E-state index contributed by atoms with van der Waals surface area (Å²) in [7, 11) is 0. The molecule has 0 fully saturated rings. The van der Waals surface area contributed by atoms with Crippen molar-refractivity contribution in [2.45, 2.75) is 348 Å². The van der Waals surface area contributed by atoms with Crippen molar-refractivity contribution in [3.05, 3.63) is 97.2 Å². The van der Waals surface area contributed by atoms with Crippen LogP contribution in [0, 0.1) is 0 Å². The van der Waals surface area contributed by atoms with Gasteiger partial charge in [-0.05, 0) is 103 Å². The van der Waals surface area contributed by atoms with Gasteiger partial charge in [0.25, 0.3) is 0 Å². The van der Waals surface area contributed by atoms with E-state index in [1.165, 1.54) is 180 Å². The number of ether oxygens (including phenoxy) is 3. The van der Waals surface area contributed by atoms with Crippen LogP contribution in [0.5, 0.6) is 0 Å². The average molecular weight is 1130 g/mol. The lowest BCUT2D eigenvalue weighted by atomic mass is 10.0. The Bertz CT molecular complexity index is 1580. The number of hydrogen-bond acceptors (Lipinski definition) is 6. The molecule has 0 spiro atoms. The summed E-state index contributed by atoms with van der Waals surface area (Å²) in [5.74, 6) is -0.876. The Kier molecular flexibility index (Phi) is 65.7. The van der Waals surface area contributed by atoms with Crippen LogP contribution in [0.4, 0.5) is 0 Å². The van der Waals surface area contributed by atoms with E-state index in [0.29, 0.717) is 19.3 Å². The third-order valence-corrected chi connectivity index (χ3v) is 15.1. The number of rotatable bonds is 63. The highest BCUT2D eigenvalue weighted by molar-refractivity contribution is 5.71. The fourth-order valence-corrected chi connectivity index (χ4v) is 9.89. The van der Waals surface area contributed by atoms with Crippen molar-refractivity contribution in [3.63, 3.8) is 0 Å². The van der Waals surface area contributed by atoms with Crippen LogP contribution in [-0.4, -0.2) is 37.2 Å². The molecule has 0 saturated heterocycles. The summed E-state index contributed by atoms with van der Waals surface area (Å²) < 4.78 is 16.9. The monoisotopic (exact) mass is 1130 g/mol. The van der Waals surface area contributed by atoms with E-state index in [1.54, 1.807) is 0 Å². The van der Waals surface area contributed by atoms with Gasteiger partial charge in [0.05, 0.1) is 0 Å². The zero-order chi connectivity index (χ0) is 58.5. The molecule has 0 aliphatic rings. The van der Waals surface area contributed by atoms with Crippen LogP contribution in [-0.2, 0) is 28.6 Å². The van der Waals surface area contributed by atoms with E-state index in [2.05, 4.69) is 118 Å². The summed E-state index contributed by atoms with van der Waals surface area (Å²) >= 11 is 0. The summed E-state index contributed by atoms with van der Waals surface area (Å²) in [5, 5.41) is 0. The lowest BCUT2D eigenvalue weighted by Gasteiger charge is -2.18. The highest BCUT2D eigenvalue weighted by atomic mass is 16.6. The fourth-order valence-electron chi connectivity index (χ4n) is 9.89. The van der Waals surface area contributed by atoms with Gasteiger partial charge in [-0.15, -0.1) is 0 Å². The number of esters is 3. The molecule has 0 amide bonds. The lowest BCUT2D eigenvalue weighted by molar-refractivity contribution is -0.167. The predicted molar refractivity (Wildman–Crippen MR) is 353 cm³/mol. The lowest BCUT2D eigenvalue weighted by Crippen LogP contribution is -2.30. The number of unbranched alkanes of at least 4 members (excludes halogenated alkanes) is 36. The topological polar surface area (TPSA) is 78.9 Å². The zero-order valence-electron chi connectivity index (χ0n) is 53.5. The second-order valence-corrected chi connectivity index (χ2v) is 23.1. The van der Waals surface area contributed by atoms with Crippen LogP contribution in [0.15, 0.2) is 97.2 Å². The maximum Gasteiger partial charge on any atom is 0.306 e. The van der Waals surface area contributed by atoms with Gasteiger partial charge in [0.1, 0.15) is 13.2 Å². The molecular formula is C75H130O6. The third-order valence-electron chi connectivity index (χ3n) is 15.1. The minimum absolute atomic E-state index is 0.0776. The quantitative estimate of drug-likeness (QED) is 0.0261. The van der Waals surface area contributed by atoms with Crippen LogP contribution < -0.4 is 0 Å². The first-order valence-electron chi connectivity index (χ1n) is 34.7. The standard InChI is InChI=1S/C75H130O6/c1-4-7-10-13-16-19-22-25-27-28-29-30-31-32-33-34-35-36-37-38-39-40-41-42-43-44-45-46-48-50-53-56-59-62-65-68-74(77)80-71-72(70-79-73(76)67-64-61-58-55-52-49-24-21-18-15-12-9-6-3)81-75(78)69-66-63-60-57-54-51-47-26-23-20-17-14-11-8-5-2/h7,10,16-17,19-20,25-27,29-30,32-33,35-36,47,72H,4-6,8-9,11-15,18,21-24,28,31,34,37-46,48-71H2,1-3H3/b10-7-,19-16-,20-17-,27-25-,30-29-,33-32-,36-35-,47-26-. The number of carbonyl (C=O) groups excluding carboxylic acids is 3. The molecule has 0 radical (unpaired) electrons. The smallest absolute Gasteiger partial charge is 0.306 e. The molecule has 0 N–H and O–H groups in total. The van der Waals surface area contributed by atoms with Gasteiger partial charge >= 0.3 is 17.9 Å². The molecule has 0 aromatic heterocycles. The second-order valence-electron chi connectivity index (χ2n) is 23.1.